The van der Waals surface area contributed by atoms with Crippen LogP contribution in [0.5, 0.6) is 0 Å². The maximum atomic E-state index is 11.9. The van der Waals surface area contributed by atoms with Crippen LogP contribution in [-0.2, 0) is 24.1 Å². The Hall–Kier alpha value is -1.35. The molecule has 0 aromatic heterocycles. The summed E-state index contributed by atoms with van der Waals surface area (Å²) in [6.45, 7) is 1.86. The first-order chi connectivity index (χ1) is 9.31. The predicted molar refractivity (Wildman–Crippen MR) is 76.2 cm³/mol. The highest BCUT2D eigenvalue weighted by Gasteiger charge is 2.15. The molecule has 2 aliphatic rings. The standard InChI is InChI=1S/C16H22N2O/c19-16(18-11-15-5-2-8-17-15)10-12-6-7-13-3-1-4-14(13)9-12/h6-7,9,15,17H,1-5,8,10-11H2,(H,18,19). The van der Waals surface area contributed by atoms with E-state index in [1.54, 1.807) is 0 Å². The van der Waals surface area contributed by atoms with Gasteiger partial charge in [-0.15, -0.1) is 0 Å². The summed E-state index contributed by atoms with van der Waals surface area (Å²) in [6, 6.07) is 7.00. The van der Waals surface area contributed by atoms with E-state index in [1.165, 1.54) is 43.2 Å². The minimum absolute atomic E-state index is 0.145. The molecule has 19 heavy (non-hydrogen) atoms. The Morgan fingerprint density at radius 1 is 1.26 bits per heavy atom. The highest BCUT2D eigenvalue weighted by molar-refractivity contribution is 5.78. The lowest BCUT2D eigenvalue weighted by molar-refractivity contribution is -0.120. The molecular formula is C16H22N2O. The van der Waals surface area contributed by atoms with E-state index in [0.29, 0.717) is 12.5 Å². The van der Waals surface area contributed by atoms with E-state index >= 15 is 0 Å². The Kier molecular flexibility index (Phi) is 3.83. The van der Waals surface area contributed by atoms with Gasteiger partial charge in [-0.2, -0.15) is 0 Å². The van der Waals surface area contributed by atoms with Gasteiger partial charge in [0.25, 0.3) is 0 Å². The van der Waals surface area contributed by atoms with Crippen molar-refractivity contribution in [3.05, 3.63) is 34.9 Å². The Labute approximate surface area is 114 Å². The van der Waals surface area contributed by atoms with Crippen molar-refractivity contribution in [3.63, 3.8) is 0 Å². The van der Waals surface area contributed by atoms with Crippen LogP contribution in [0, 0.1) is 0 Å². The van der Waals surface area contributed by atoms with E-state index < -0.39 is 0 Å². The molecule has 0 spiro atoms. The molecule has 2 N–H and O–H groups in total. The van der Waals surface area contributed by atoms with Crippen molar-refractivity contribution in [1.29, 1.82) is 0 Å². The summed E-state index contributed by atoms with van der Waals surface area (Å²) in [5.74, 6) is 0.145. The Balaban J connectivity index is 1.51. The molecule has 3 rings (SSSR count). The van der Waals surface area contributed by atoms with Crippen molar-refractivity contribution in [1.82, 2.24) is 10.6 Å². The number of benzene rings is 1. The Morgan fingerprint density at radius 2 is 2.16 bits per heavy atom. The fourth-order valence-corrected chi connectivity index (χ4v) is 3.15. The molecular weight excluding hydrogens is 236 g/mol. The fraction of sp³-hybridized carbons (Fsp3) is 0.562. The first kappa shape index (κ1) is 12.7. The molecule has 1 saturated heterocycles. The number of amides is 1. The zero-order chi connectivity index (χ0) is 13.1. The number of aryl methyl sites for hydroxylation is 2. The van der Waals surface area contributed by atoms with E-state index in [9.17, 15) is 4.79 Å². The van der Waals surface area contributed by atoms with Gasteiger partial charge < -0.3 is 10.6 Å². The number of rotatable bonds is 4. The number of carbonyl (C=O) groups is 1. The first-order valence-corrected chi connectivity index (χ1v) is 7.42. The van der Waals surface area contributed by atoms with Gasteiger partial charge in [-0.05, 0) is 55.3 Å². The van der Waals surface area contributed by atoms with Gasteiger partial charge in [-0.25, -0.2) is 0 Å². The smallest absolute Gasteiger partial charge is 0.224 e. The summed E-state index contributed by atoms with van der Waals surface area (Å²) in [4.78, 5) is 11.9. The van der Waals surface area contributed by atoms with Crippen LogP contribution in [0.3, 0.4) is 0 Å². The lowest BCUT2D eigenvalue weighted by Crippen LogP contribution is -2.37. The maximum absolute atomic E-state index is 11.9. The molecule has 1 atom stereocenters. The van der Waals surface area contributed by atoms with Gasteiger partial charge in [0.05, 0.1) is 6.42 Å². The van der Waals surface area contributed by atoms with Crippen molar-refractivity contribution >= 4 is 5.91 Å². The van der Waals surface area contributed by atoms with Crippen molar-refractivity contribution in [2.75, 3.05) is 13.1 Å². The second-order valence-corrected chi connectivity index (χ2v) is 5.73. The maximum Gasteiger partial charge on any atom is 0.224 e. The molecule has 0 radical (unpaired) electrons. The van der Waals surface area contributed by atoms with Gasteiger partial charge in [-0.1, -0.05) is 18.2 Å². The summed E-state index contributed by atoms with van der Waals surface area (Å²) >= 11 is 0. The van der Waals surface area contributed by atoms with Crippen LogP contribution in [0.15, 0.2) is 18.2 Å². The third kappa shape index (κ3) is 3.16. The van der Waals surface area contributed by atoms with Crippen LogP contribution in [0.1, 0.15) is 36.0 Å². The van der Waals surface area contributed by atoms with Crippen LogP contribution in [-0.4, -0.2) is 25.0 Å². The summed E-state index contributed by atoms with van der Waals surface area (Å²) in [5, 5.41) is 6.43. The largest absolute Gasteiger partial charge is 0.354 e. The highest BCUT2D eigenvalue weighted by atomic mass is 16.1. The molecule has 1 aliphatic heterocycles. The van der Waals surface area contributed by atoms with Crippen molar-refractivity contribution in [2.24, 2.45) is 0 Å². The van der Waals surface area contributed by atoms with Crippen LogP contribution in [0.2, 0.25) is 0 Å². The zero-order valence-electron chi connectivity index (χ0n) is 11.4. The number of hydrogen-bond acceptors (Lipinski definition) is 2. The van der Waals surface area contributed by atoms with E-state index in [2.05, 4.69) is 28.8 Å². The number of hydrogen-bond donors (Lipinski definition) is 2. The highest BCUT2D eigenvalue weighted by Crippen LogP contribution is 2.22. The van der Waals surface area contributed by atoms with Crippen molar-refractivity contribution in [2.45, 2.75) is 44.6 Å². The third-order valence-electron chi connectivity index (χ3n) is 4.24. The van der Waals surface area contributed by atoms with Gasteiger partial charge in [0.2, 0.25) is 5.91 Å². The molecule has 3 heteroatoms. The van der Waals surface area contributed by atoms with E-state index in [0.717, 1.165) is 18.7 Å². The molecule has 1 fully saturated rings. The molecule has 1 aromatic carbocycles. The first-order valence-electron chi connectivity index (χ1n) is 7.42. The van der Waals surface area contributed by atoms with Crippen LogP contribution in [0.25, 0.3) is 0 Å². The molecule has 0 saturated carbocycles. The van der Waals surface area contributed by atoms with E-state index in [1.807, 2.05) is 0 Å². The second-order valence-electron chi connectivity index (χ2n) is 5.73. The normalized spacial score (nSPS) is 21.4. The van der Waals surface area contributed by atoms with Gasteiger partial charge >= 0.3 is 0 Å². The minimum Gasteiger partial charge on any atom is -0.354 e. The predicted octanol–water partition coefficient (Wildman–Crippen LogP) is 1.59. The second kappa shape index (κ2) is 5.74. The van der Waals surface area contributed by atoms with Gasteiger partial charge in [0.1, 0.15) is 0 Å². The quantitative estimate of drug-likeness (QED) is 0.861. The van der Waals surface area contributed by atoms with Crippen molar-refractivity contribution in [3.8, 4) is 0 Å². The Bertz CT molecular complexity index is 464. The average molecular weight is 258 g/mol. The number of carbonyl (C=O) groups excluding carboxylic acids is 1. The molecule has 0 bridgehead atoms. The summed E-state index contributed by atoms with van der Waals surface area (Å²) in [7, 11) is 0. The molecule has 1 aliphatic carbocycles. The van der Waals surface area contributed by atoms with E-state index in [-0.39, 0.29) is 5.91 Å². The zero-order valence-corrected chi connectivity index (χ0v) is 11.4. The summed E-state index contributed by atoms with van der Waals surface area (Å²) < 4.78 is 0. The Morgan fingerprint density at radius 3 is 3.00 bits per heavy atom. The molecule has 1 aromatic rings. The lowest BCUT2D eigenvalue weighted by atomic mass is 10.0. The molecule has 3 nitrogen and oxygen atoms in total. The molecule has 102 valence electrons. The summed E-state index contributed by atoms with van der Waals surface area (Å²) in [5.41, 5.74) is 4.07. The van der Waals surface area contributed by atoms with Crippen molar-refractivity contribution < 1.29 is 4.79 Å². The molecule has 1 unspecified atom stereocenters. The topological polar surface area (TPSA) is 41.1 Å². The fourth-order valence-electron chi connectivity index (χ4n) is 3.15. The minimum atomic E-state index is 0.145. The molecule has 1 amide bonds. The third-order valence-corrected chi connectivity index (χ3v) is 4.24. The average Bonchev–Trinajstić information content (AvgIpc) is 3.07. The van der Waals surface area contributed by atoms with Gasteiger partial charge in [0, 0.05) is 12.6 Å². The van der Waals surface area contributed by atoms with Gasteiger partial charge in [0.15, 0.2) is 0 Å². The van der Waals surface area contributed by atoms with Crippen LogP contribution in [0.4, 0.5) is 0 Å². The van der Waals surface area contributed by atoms with E-state index in [4.69, 9.17) is 0 Å². The lowest BCUT2D eigenvalue weighted by Gasteiger charge is -2.11. The summed E-state index contributed by atoms with van der Waals surface area (Å²) in [6.07, 6.45) is 6.56. The monoisotopic (exact) mass is 258 g/mol. The number of nitrogens with one attached hydrogen (secondary N) is 2. The molecule has 1 heterocycles. The van der Waals surface area contributed by atoms with Crippen LogP contribution >= 0.6 is 0 Å². The SMILES string of the molecule is O=C(Cc1ccc2c(c1)CCC2)NCC1CCCN1. The number of fused-ring (bicyclic) bond motifs is 1. The van der Waals surface area contributed by atoms with Crippen LogP contribution < -0.4 is 10.6 Å². The van der Waals surface area contributed by atoms with Gasteiger partial charge in [-0.3, -0.25) is 4.79 Å².